The van der Waals surface area contributed by atoms with Crippen molar-refractivity contribution >= 4 is 9.52 Å². The van der Waals surface area contributed by atoms with Gasteiger partial charge < -0.3 is 0 Å². The van der Waals surface area contributed by atoms with Crippen molar-refractivity contribution in [3.05, 3.63) is 0 Å². The molecular weight excluding hydrogens is 112 g/mol. The fourth-order valence-electron chi connectivity index (χ4n) is 0.976. The van der Waals surface area contributed by atoms with Crippen LogP contribution in [-0.2, 0) is 0 Å². The van der Waals surface area contributed by atoms with Gasteiger partial charge in [0.2, 0.25) is 0 Å². The van der Waals surface area contributed by atoms with E-state index in [0.717, 1.165) is 5.92 Å². The molecule has 0 aromatic heterocycles. The molecule has 0 aromatic carbocycles. The van der Waals surface area contributed by atoms with Crippen LogP contribution in [-0.4, -0.2) is 9.52 Å². The Labute approximate surface area is 54.5 Å². The molecule has 1 aliphatic carbocycles. The van der Waals surface area contributed by atoms with Crippen LogP contribution in [0.25, 0.3) is 0 Å². The summed E-state index contributed by atoms with van der Waals surface area (Å²) in [5.41, 5.74) is 1.28. The predicted molar refractivity (Wildman–Crippen MR) is 41.2 cm³/mol. The van der Waals surface area contributed by atoms with E-state index in [1.54, 1.807) is 18.9 Å². The molecule has 0 atom stereocenters. The molecule has 0 aromatic rings. The first-order valence-electron chi connectivity index (χ1n) is 3.79. The van der Waals surface area contributed by atoms with Gasteiger partial charge in [0.1, 0.15) is 0 Å². The molecule has 0 aliphatic heterocycles. The Hall–Kier alpha value is 0.217. The molecule has 0 radical (unpaired) electrons. The SMILES string of the molecule is CC(C)C[SiH2]C1CC1. The quantitative estimate of drug-likeness (QED) is 0.509. The summed E-state index contributed by atoms with van der Waals surface area (Å²) in [6, 6.07) is 1.59. The van der Waals surface area contributed by atoms with E-state index in [0.29, 0.717) is 9.52 Å². The maximum atomic E-state index is 2.34. The van der Waals surface area contributed by atoms with Gasteiger partial charge in [-0.2, -0.15) is 0 Å². The van der Waals surface area contributed by atoms with E-state index < -0.39 is 0 Å². The molecule has 0 amide bonds. The average Bonchev–Trinajstić information content (AvgIpc) is 2.41. The summed E-state index contributed by atoms with van der Waals surface area (Å²) in [5, 5.41) is 0. The molecule has 1 rings (SSSR count). The maximum absolute atomic E-state index is 2.34. The molecule has 0 saturated heterocycles. The first kappa shape index (κ1) is 6.34. The van der Waals surface area contributed by atoms with Crippen molar-refractivity contribution in [1.82, 2.24) is 0 Å². The molecule has 0 spiro atoms. The number of rotatable bonds is 3. The van der Waals surface area contributed by atoms with Gasteiger partial charge in [0, 0.05) is 9.52 Å². The highest BCUT2D eigenvalue weighted by Crippen LogP contribution is 2.36. The first-order chi connectivity index (χ1) is 3.79. The highest BCUT2D eigenvalue weighted by Gasteiger charge is 2.20. The molecule has 1 fully saturated rings. The zero-order valence-electron chi connectivity index (χ0n) is 5.98. The summed E-state index contributed by atoms with van der Waals surface area (Å²) < 4.78 is 0. The highest BCUT2D eigenvalue weighted by atomic mass is 28.2. The topological polar surface area (TPSA) is 0 Å². The number of hydrogen-bond acceptors (Lipinski definition) is 0. The second-order valence-corrected chi connectivity index (χ2v) is 5.72. The Bertz CT molecular complexity index is 62.8. The summed E-state index contributed by atoms with van der Waals surface area (Å²) in [7, 11) is 0.410. The Morgan fingerprint density at radius 1 is 1.50 bits per heavy atom. The lowest BCUT2D eigenvalue weighted by molar-refractivity contribution is 0.729. The van der Waals surface area contributed by atoms with Gasteiger partial charge >= 0.3 is 0 Å². The molecule has 8 heavy (non-hydrogen) atoms. The van der Waals surface area contributed by atoms with E-state index in [1.165, 1.54) is 5.54 Å². The molecule has 0 unspecified atom stereocenters. The van der Waals surface area contributed by atoms with Crippen LogP contribution < -0.4 is 0 Å². The largest absolute Gasteiger partial charge is 0.0631 e. The van der Waals surface area contributed by atoms with Gasteiger partial charge in [-0.25, -0.2) is 0 Å². The summed E-state index contributed by atoms with van der Waals surface area (Å²) >= 11 is 0. The van der Waals surface area contributed by atoms with Gasteiger partial charge in [-0.1, -0.05) is 38.3 Å². The second kappa shape index (κ2) is 2.67. The zero-order valence-corrected chi connectivity index (χ0v) is 7.40. The van der Waals surface area contributed by atoms with Crippen molar-refractivity contribution in [3.63, 3.8) is 0 Å². The van der Waals surface area contributed by atoms with Gasteiger partial charge in [0.15, 0.2) is 0 Å². The Morgan fingerprint density at radius 3 is 2.50 bits per heavy atom. The predicted octanol–water partition coefficient (Wildman–Crippen LogP) is 1.81. The van der Waals surface area contributed by atoms with Crippen molar-refractivity contribution in [1.29, 1.82) is 0 Å². The summed E-state index contributed by atoms with van der Waals surface area (Å²) in [6.07, 6.45) is 3.16. The second-order valence-electron chi connectivity index (χ2n) is 3.41. The third-order valence-electron chi connectivity index (χ3n) is 1.85. The fraction of sp³-hybridized carbons (Fsp3) is 1.00. The third kappa shape index (κ3) is 2.51. The summed E-state index contributed by atoms with van der Waals surface area (Å²) in [6.45, 7) is 4.69. The minimum atomic E-state index is 0.410. The number of hydrogen-bond donors (Lipinski definition) is 0. The molecule has 0 nitrogen and oxygen atoms in total. The molecule has 0 bridgehead atoms. The van der Waals surface area contributed by atoms with E-state index >= 15 is 0 Å². The van der Waals surface area contributed by atoms with Crippen LogP contribution in [0.5, 0.6) is 0 Å². The standard InChI is InChI=1S/C7H16Si/c1-6(2)5-8-7-3-4-7/h6-7H,3-5,8H2,1-2H3. The monoisotopic (exact) mass is 128 g/mol. The summed E-state index contributed by atoms with van der Waals surface area (Å²) in [4.78, 5) is 0. The lowest BCUT2D eigenvalue weighted by atomic mass is 10.3. The van der Waals surface area contributed by atoms with E-state index in [9.17, 15) is 0 Å². The van der Waals surface area contributed by atoms with Gasteiger partial charge in [-0.15, -0.1) is 0 Å². The summed E-state index contributed by atoms with van der Waals surface area (Å²) in [5.74, 6) is 0.988. The van der Waals surface area contributed by atoms with Crippen molar-refractivity contribution in [2.45, 2.75) is 38.3 Å². The Kier molecular flexibility index (Phi) is 2.12. The highest BCUT2D eigenvalue weighted by molar-refractivity contribution is 6.38. The third-order valence-corrected chi connectivity index (χ3v) is 4.97. The fourth-order valence-corrected chi connectivity index (χ4v) is 2.93. The first-order valence-corrected chi connectivity index (χ1v) is 5.60. The maximum Gasteiger partial charge on any atom is 0.0234 e. The van der Waals surface area contributed by atoms with Crippen molar-refractivity contribution in [3.8, 4) is 0 Å². The van der Waals surface area contributed by atoms with Crippen molar-refractivity contribution < 1.29 is 0 Å². The molecule has 1 aliphatic rings. The average molecular weight is 128 g/mol. The van der Waals surface area contributed by atoms with Crippen LogP contribution in [0.3, 0.4) is 0 Å². The van der Waals surface area contributed by atoms with E-state index in [4.69, 9.17) is 0 Å². The van der Waals surface area contributed by atoms with Gasteiger partial charge in [-0.3, -0.25) is 0 Å². The van der Waals surface area contributed by atoms with Crippen molar-refractivity contribution in [2.24, 2.45) is 5.92 Å². The Balaban J connectivity index is 1.87. The smallest absolute Gasteiger partial charge is 0.0234 e. The van der Waals surface area contributed by atoms with Crippen LogP contribution in [0.4, 0.5) is 0 Å². The van der Waals surface area contributed by atoms with Crippen LogP contribution in [0, 0.1) is 5.92 Å². The minimum absolute atomic E-state index is 0.410. The molecule has 1 heteroatoms. The van der Waals surface area contributed by atoms with Gasteiger partial charge in [0.25, 0.3) is 0 Å². The van der Waals surface area contributed by atoms with Crippen LogP contribution in [0.1, 0.15) is 26.7 Å². The van der Waals surface area contributed by atoms with Crippen LogP contribution in [0.15, 0.2) is 0 Å². The van der Waals surface area contributed by atoms with Crippen LogP contribution >= 0.6 is 0 Å². The zero-order chi connectivity index (χ0) is 5.98. The van der Waals surface area contributed by atoms with Crippen LogP contribution in [0.2, 0.25) is 11.6 Å². The Morgan fingerprint density at radius 2 is 2.12 bits per heavy atom. The normalized spacial score (nSPS) is 21.4. The molecular formula is C7H16Si. The minimum Gasteiger partial charge on any atom is -0.0631 e. The lowest BCUT2D eigenvalue weighted by Crippen LogP contribution is -1.94. The molecule has 48 valence electrons. The van der Waals surface area contributed by atoms with E-state index in [1.807, 2.05) is 0 Å². The molecule has 0 heterocycles. The van der Waals surface area contributed by atoms with E-state index in [-0.39, 0.29) is 0 Å². The van der Waals surface area contributed by atoms with E-state index in [2.05, 4.69) is 13.8 Å². The lowest BCUT2D eigenvalue weighted by Gasteiger charge is -1.99. The molecule has 0 N–H and O–H groups in total. The van der Waals surface area contributed by atoms with Gasteiger partial charge in [0.05, 0.1) is 0 Å². The van der Waals surface area contributed by atoms with Crippen molar-refractivity contribution in [2.75, 3.05) is 0 Å². The van der Waals surface area contributed by atoms with Gasteiger partial charge in [-0.05, 0) is 5.92 Å². The molecule has 1 saturated carbocycles.